The number of hydrogen-bond donors (Lipinski definition) is 0. The van der Waals surface area contributed by atoms with E-state index in [0.29, 0.717) is 18.3 Å². The number of aromatic nitrogens is 2. The van der Waals surface area contributed by atoms with E-state index < -0.39 is 0 Å². The van der Waals surface area contributed by atoms with Crippen molar-refractivity contribution in [1.82, 2.24) is 14.9 Å². The summed E-state index contributed by atoms with van der Waals surface area (Å²) in [6.07, 6.45) is 5.28. The molecule has 0 amide bonds. The highest BCUT2D eigenvalue weighted by molar-refractivity contribution is 5.23. The van der Waals surface area contributed by atoms with Crippen molar-refractivity contribution in [3.05, 3.63) is 53.7 Å². The molecule has 3 rings (SSSR count). The fourth-order valence-electron chi connectivity index (χ4n) is 3.26. The van der Waals surface area contributed by atoms with Gasteiger partial charge in [-0.25, -0.2) is 9.37 Å². The molecule has 1 aromatic heterocycles. The van der Waals surface area contributed by atoms with Gasteiger partial charge in [-0.2, -0.15) is 0 Å². The van der Waals surface area contributed by atoms with E-state index >= 15 is 0 Å². The van der Waals surface area contributed by atoms with Crippen molar-refractivity contribution in [3.63, 3.8) is 0 Å². The number of benzene rings is 1. The lowest BCUT2D eigenvalue weighted by Gasteiger charge is -2.32. The highest BCUT2D eigenvalue weighted by Crippen LogP contribution is 2.30. The Balaban J connectivity index is 1.62. The number of nitrogens with zero attached hydrogens (tertiary/aromatic N) is 3. The molecule has 134 valence electrons. The third-order valence-electron chi connectivity index (χ3n) is 4.44. The monoisotopic (exact) mass is 343 g/mol. The second-order valence-corrected chi connectivity index (χ2v) is 7.59. The van der Waals surface area contributed by atoms with Crippen LogP contribution in [0.1, 0.15) is 50.8 Å². The van der Waals surface area contributed by atoms with Crippen LogP contribution in [0.4, 0.5) is 4.39 Å². The number of rotatable bonds is 4. The Labute approximate surface area is 149 Å². The van der Waals surface area contributed by atoms with E-state index in [9.17, 15) is 4.39 Å². The van der Waals surface area contributed by atoms with Crippen molar-refractivity contribution in [3.8, 4) is 5.88 Å². The van der Waals surface area contributed by atoms with Gasteiger partial charge in [0.15, 0.2) is 0 Å². The van der Waals surface area contributed by atoms with E-state index in [2.05, 4.69) is 14.9 Å². The summed E-state index contributed by atoms with van der Waals surface area (Å²) in [4.78, 5) is 11.1. The molecule has 0 radical (unpaired) electrons. The zero-order chi connectivity index (χ0) is 17.9. The first-order valence-electron chi connectivity index (χ1n) is 8.88. The standard InChI is InChI=1S/C20H26FN3O/c1-20(2,3)25-19-18(22-10-11-23-19)14-24-12-8-15(9-13-24)16-6-4-5-7-17(16)21/h4-7,10-11,15H,8-9,12-14H2,1-3H3. The SMILES string of the molecule is CC(C)(C)Oc1nccnc1CN1CCC(c2ccccc2F)CC1. The third-order valence-corrected chi connectivity index (χ3v) is 4.44. The predicted octanol–water partition coefficient (Wildman–Crippen LogP) is 4.17. The van der Waals surface area contributed by atoms with Gasteiger partial charge in [0.25, 0.3) is 0 Å². The average Bonchev–Trinajstić information content (AvgIpc) is 2.57. The van der Waals surface area contributed by atoms with Crippen molar-refractivity contribution < 1.29 is 9.13 Å². The highest BCUT2D eigenvalue weighted by atomic mass is 19.1. The molecule has 0 atom stereocenters. The molecule has 1 fully saturated rings. The zero-order valence-electron chi connectivity index (χ0n) is 15.2. The third kappa shape index (κ3) is 4.75. The number of likely N-dealkylation sites (tertiary alicyclic amines) is 1. The topological polar surface area (TPSA) is 38.3 Å². The second kappa shape index (κ2) is 7.48. The number of ether oxygens (including phenoxy) is 1. The lowest BCUT2D eigenvalue weighted by Crippen LogP contribution is -2.33. The summed E-state index contributed by atoms with van der Waals surface area (Å²) in [6, 6.07) is 7.13. The van der Waals surface area contributed by atoms with Gasteiger partial charge in [-0.15, -0.1) is 0 Å². The summed E-state index contributed by atoms with van der Waals surface area (Å²) in [5.74, 6) is 0.812. The van der Waals surface area contributed by atoms with E-state index in [1.165, 1.54) is 0 Å². The van der Waals surface area contributed by atoms with E-state index in [1.54, 1.807) is 24.5 Å². The fraction of sp³-hybridized carbons (Fsp3) is 0.500. The molecule has 25 heavy (non-hydrogen) atoms. The Morgan fingerprint density at radius 1 is 1.12 bits per heavy atom. The minimum atomic E-state index is -0.303. The van der Waals surface area contributed by atoms with Gasteiger partial charge in [0.1, 0.15) is 17.1 Å². The van der Waals surface area contributed by atoms with Crippen LogP contribution in [-0.4, -0.2) is 33.6 Å². The molecule has 5 heteroatoms. The predicted molar refractivity (Wildman–Crippen MR) is 96.1 cm³/mol. The maximum absolute atomic E-state index is 14.0. The minimum Gasteiger partial charge on any atom is -0.471 e. The largest absolute Gasteiger partial charge is 0.471 e. The first-order valence-corrected chi connectivity index (χ1v) is 8.88. The Morgan fingerprint density at radius 2 is 1.80 bits per heavy atom. The highest BCUT2D eigenvalue weighted by Gasteiger charge is 2.24. The lowest BCUT2D eigenvalue weighted by molar-refractivity contribution is 0.117. The summed E-state index contributed by atoms with van der Waals surface area (Å²) >= 11 is 0. The van der Waals surface area contributed by atoms with Crippen LogP contribution >= 0.6 is 0 Å². The molecule has 2 aromatic rings. The van der Waals surface area contributed by atoms with Gasteiger partial charge in [0.05, 0.1) is 0 Å². The normalized spacial score (nSPS) is 16.8. The van der Waals surface area contributed by atoms with Gasteiger partial charge in [-0.3, -0.25) is 9.88 Å². The van der Waals surface area contributed by atoms with Crippen molar-refractivity contribution in [2.75, 3.05) is 13.1 Å². The summed E-state index contributed by atoms with van der Waals surface area (Å²) in [7, 11) is 0. The zero-order valence-corrected chi connectivity index (χ0v) is 15.2. The van der Waals surface area contributed by atoms with Gasteiger partial charge in [-0.1, -0.05) is 18.2 Å². The van der Waals surface area contributed by atoms with Crippen LogP contribution in [0, 0.1) is 5.82 Å². The van der Waals surface area contributed by atoms with Crippen molar-refractivity contribution >= 4 is 0 Å². The fourth-order valence-corrected chi connectivity index (χ4v) is 3.26. The van der Waals surface area contributed by atoms with Crippen molar-refractivity contribution in [2.45, 2.75) is 51.7 Å². The van der Waals surface area contributed by atoms with Crippen LogP contribution in [0.5, 0.6) is 5.88 Å². The van der Waals surface area contributed by atoms with Crippen LogP contribution in [0.2, 0.25) is 0 Å². The summed E-state index contributed by atoms with van der Waals surface area (Å²) < 4.78 is 19.9. The van der Waals surface area contributed by atoms with Crippen LogP contribution in [0.25, 0.3) is 0 Å². The van der Waals surface area contributed by atoms with Crippen LogP contribution in [0.15, 0.2) is 36.7 Å². The van der Waals surface area contributed by atoms with E-state index in [-0.39, 0.29) is 11.4 Å². The molecule has 0 saturated carbocycles. The maximum Gasteiger partial charge on any atom is 0.237 e. The Morgan fingerprint density at radius 3 is 2.48 bits per heavy atom. The van der Waals surface area contributed by atoms with Gasteiger partial charge in [0.2, 0.25) is 5.88 Å². The number of halogens is 1. The minimum absolute atomic E-state index is 0.0873. The molecule has 1 aliphatic heterocycles. The van der Waals surface area contributed by atoms with Crippen LogP contribution in [-0.2, 0) is 6.54 Å². The molecular weight excluding hydrogens is 317 g/mol. The van der Waals surface area contributed by atoms with Gasteiger partial charge < -0.3 is 4.74 Å². The first kappa shape index (κ1) is 17.8. The molecule has 1 aliphatic rings. The molecule has 0 unspecified atom stereocenters. The van der Waals surface area contributed by atoms with Crippen molar-refractivity contribution in [2.24, 2.45) is 0 Å². The Kier molecular flexibility index (Phi) is 5.33. The van der Waals surface area contributed by atoms with Gasteiger partial charge in [0, 0.05) is 18.9 Å². The van der Waals surface area contributed by atoms with E-state index in [4.69, 9.17) is 4.74 Å². The molecule has 1 aromatic carbocycles. The molecular formula is C20H26FN3O. The molecule has 0 spiro atoms. The van der Waals surface area contributed by atoms with Crippen LogP contribution < -0.4 is 4.74 Å². The van der Waals surface area contributed by atoms with E-state index in [1.807, 2.05) is 32.9 Å². The summed E-state index contributed by atoms with van der Waals surface area (Å²) in [6.45, 7) is 8.57. The molecule has 1 saturated heterocycles. The maximum atomic E-state index is 14.0. The van der Waals surface area contributed by atoms with Gasteiger partial charge in [-0.05, 0) is 64.3 Å². The number of hydrogen-bond acceptors (Lipinski definition) is 4. The Hall–Kier alpha value is -2.01. The Bertz CT molecular complexity index is 706. The molecule has 0 N–H and O–H groups in total. The smallest absolute Gasteiger partial charge is 0.237 e. The van der Waals surface area contributed by atoms with Crippen LogP contribution in [0.3, 0.4) is 0 Å². The molecule has 4 nitrogen and oxygen atoms in total. The molecule has 0 bridgehead atoms. The average molecular weight is 343 g/mol. The lowest BCUT2D eigenvalue weighted by atomic mass is 9.89. The van der Waals surface area contributed by atoms with E-state index in [0.717, 1.165) is 37.2 Å². The molecule has 2 heterocycles. The number of piperidine rings is 1. The first-order chi connectivity index (χ1) is 11.9. The van der Waals surface area contributed by atoms with Gasteiger partial charge >= 0.3 is 0 Å². The summed E-state index contributed by atoms with van der Waals surface area (Å²) in [5.41, 5.74) is 1.41. The summed E-state index contributed by atoms with van der Waals surface area (Å²) in [5, 5.41) is 0. The quantitative estimate of drug-likeness (QED) is 0.835. The van der Waals surface area contributed by atoms with Crippen molar-refractivity contribution in [1.29, 1.82) is 0 Å². The molecule has 0 aliphatic carbocycles. The second-order valence-electron chi connectivity index (χ2n) is 7.59.